The summed E-state index contributed by atoms with van der Waals surface area (Å²) in [4.78, 5) is 0. The van der Waals surface area contributed by atoms with E-state index in [2.05, 4.69) is 31.0 Å². The van der Waals surface area contributed by atoms with Crippen LogP contribution < -0.4 is 0 Å². The Labute approximate surface area is 42.5 Å². The Bertz CT molecular complexity index is 111. The molecule has 6 heavy (non-hydrogen) atoms. The fraction of sp³-hybridized carbons (Fsp3) is 0. The van der Waals surface area contributed by atoms with E-state index >= 15 is 0 Å². The van der Waals surface area contributed by atoms with Crippen molar-refractivity contribution in [1.29, 1.82) is 0 Å². The molecule has 0 radical (unpaired) electrons. The van der Waals surface area contributed by atoms with E-state index < -0.39 is 0 Å². The van der Waals surface area contributed by atoms with E-state index in [0.717, 1.165) is 0 Å². The van der Waals surface area contributed by atoms with Gasteiger partial charge in [0.05, 0.1) is 0 Å². The zero-order valence-corrected chi connectivity index (χ0v) is 3.66. The van der Waals surface area contributed by atoms with Crippen molar-refractivity contribution in [2.45, 2.75) is 0 Å². The van der Waals surface area contributed by atoms with Crippen LogP contribution in [0.3, 0.4) is 0 Å². The third-order valence-corrected chi connectivity index (χ3v) is 0.554. The molecule has 0 aromatic carbocycles. The van der Waals surface area contributed by atoms with Gasteiger partial charge in [-0.05, 0) is 0 Å². The molecule has 0 atom stereocenters. The molecule has 0 aliphatic carbocycles. The summed E-state index contributed by atoms with van der Waals surface area (Å²) in [6.45, 7) is 0. The van der Waals surface area contributed by atoms with E-state index in [9.17, 15) is 0 Å². The predicted octanol–water partition coefficient (Wildman–Crippen LogP) is 0.115. The average Bonchev–Trinajstić information content (AvgIpc) is 1.86. The van der Waals surface area contributed by atoms with Crippen molar-refractivity contribution in [3.05, 3.63) is 0 Å². The molecule has 1 heterocycles. The van der Waals surface area contributed by atoms with Crippen molar-refractivity contribution < 1.29 is 15.6 Å². The summed E-state index contributed by atoms with van der Waals surface area (Å²) in [6, 6.07) is 0. The van der Waals surface area contributed by atoms with Gasteiger partial charge in [-0.1, -0.05) is 0 Å². The van der Waals surface area contributed by atoms with Gasteiger partial charge in [0.15, 0.2) is 0 Å². The molecular formula is C2HCuN3. The Morgan fingerprint density at radius 2 is 2.50 bits per heavy atom. The molecule has 0 amide bonds. The first-order valence-corrected chi connectivity index (χ1v) is 1.79. The molecule has 0 aromatic rings. The SMILES string of the molecule is [Cu]=[C]1C=NN=N1. The van der Waals surface area contributed by atoms with Crippen LogP contribution >= 0.6 is 0 Å². The van der Waals surface area contributed by atoms with Gasteiger partial charge in [0.25, 0.3) is 0 Å². The van der Waals surface area contributed by atoms with Crippen LogP contribution in [0, 0.1) is 0 Å². The number of nitrogens with zero attached hydrogens (tertiary/aromatic N) is 3. The topological polar surface area (TPSA) is 37.1 Å². The molecule has 0 saturated carbocycles. The Hall–Kier alpha value is -0.341. The number of hydrogen-bond donors (Lipinski definition) is 0. The van der Waals surface area contributed by atoms with Crippen LogP contribution in [0.2, 0.25) is 0 Å². The molecule has 4 heteroatoms. The van der Waals surface area contributed by atoms with Crippen LogP contribution in [0.1, 0.15) is 0 Å². The molecule has 0 unspecified atom stereocenters. The normalized spacial score (nSPS) is 17.3. The third-order valence-electron chi connectivity index (χ3n) is 0.339. The summed E-state index contributed by atoms with van der Waals surface area (Å²) >= 11 is 4.64. The molecule has 0 N–H and O–H groups in total. The second-order valence-electron chi connectivity index (χ2n) is 0.718. The first-order valence-electron chi connectivity index (χ1n) is 1.32. The zero-order valence-electron chi connectivity index (χ0n) is 2.72. The molecular weight excluding hydrogens is 130 g/mol. The monoisotopic (exact) mass is 130 g/mol. The molecule has 1 rings (SSSR count). The van der Waals surface area contributed by atoms with E-state index in [4.69, 9.17) is 0 Å². The molecule has 0 spiro atoms. The minimum atomic E-state index is 0.433. The molecule has 0 bridgehead atoms. The Morgan fingerprint density at radius 1 is 1.67 bits per heavy atom. The summed E-state index contributed by atoms with van der Waals surface area (Å²) in [5, 5.41) is 9.92. The fourth-order valence-electron chi connectivity index (χ4n) is 0.160. The maximum atomic E-state index is 4.64. The van der Waals surface area contributed by atoms with Crippen LogP contribution in [-0.4, -0.2) is 10.8 Å². The molecule has 1 aliphatic rings. The van der Waals surface area contributed by atoms with E-state index in [1.54, 1.807) is 0 Å². The van der Waals surface area contributed by atoms with Crippen molar-refractivity contribution in [3.8, 4) is 0 Å². The van der Waals surface area contributed by atoms with Crippen molar-refractivity contribution in [1.82, 2.24) is 0 Å². The minimum absolute atomic E-state index is 0.433. The molecule has 0 aromatic heterocycles. The van der Waals surface area contributed by atoms with Gasteiger partial charge in [-0.15, -0.1) is 0 Å². The van der Waals surface area contributed by atoms with Gasteiger partial charge < -0.3 is 0 Å². The van der Waals surface area contributed by atoms with Gasteiger partial charge in [-0.25, -0.2) is 0 Å². The van der Waals surface area contributed by atoms with E-state index in [1.165, 1.54) is 6.21 Å². The second-order valence-corrected chi connectivity index (χ2v) is 1.20. The van der Waals surface area contributed by atoms with Crippen LogP contribution in [0.15, 0.2) is 15.4 Å². The summed E-state index contributed by atoms with van der Waals surface area (Å²) in [5.74, 6) is 0. The second kappa shape index (κ2) is 1.41. The molecule has 0 fully saturated rings. The standard InChI is InChI=1S/C2HN3.Cu/c1-2-4-5-3-1;/h1H;. The van der Waals surface area contributed by atoms with Crippen molar-refractivity contribution in [2.75, 3.05) is 0 Å². The predicted molar refractivity (Wildman–Crippen MR) is 18.4 cm³/mol. The van der Waals surface area contributed by atoms with Gasteiger partial charge >= 0.3 is 41.8 Å². The van der Waals surface area contributed by atoms with E-state index in [1.807, 2.05) is 0 Å². The van der Waals surface area contributed by atoms with Crippen LogP contribution in [0.5, 0.6) is 0 Å². The van der Waals surface area contributed by atoms with Gasteiger partial charge in [-0.2, -0.15) is 0 Å². The number of hydrogen-bond acceptors (Lipinski definition) is 3. The Morgan fingerprint density at radius 3 is 2.67 bits per heavy atom. The summed E-state index contributed by atoms with van der Waals surface area (Å²) < 4.78 is 0.433. The molecule has 0 saturated heterocycles. The summed E-state index contributed by atoms with van der Waals surface area (Å²) in [7, 11) is 0. The maximum absolute atomic E-state index is 4.64. The summed E-state index contributed by atoms with van der Waals surface area (Å²) in [5.41, 5.74) is 0. The van der Waals surface area contributed by atoms with Gasteiger partial charge in [-0.3, -0.25) is 0 Å². The van der Waals surface area contributed by atoms with Crippen LogP contribution in [0.4, 0.5) is 0 Å². The molecule has 1 aliphatic heterocycles. The summed E-state index contributed by atoms with van der Waals surface area (Å²) in [6.07, 6.45) is 1.42. The molecule has 3 nitrogen and oxygen atoms in total. The quantitative estimate of drug-likeness (QED) is 0.418. The first-order chi connectivity index (χ1) is 2.89. The first kappa shape index (κ1) is 3.84. The van der Waals surface area contributed by atoms with Crippen molar-refractivity contribution in [3.63, 3.8) is 0 Å². The van der Waals surface area contributed by atoms with Crippen LogP contribution in [-0.2, 0) is 15.6 Å². The van der Waals surface area contributed by atoms with Gasteiger partial charge in [0.1, 0.15) is 0 Å². The van der Waals surface area contributed by atoms with Gasteiger partial charge in [0.2, 0.25) is 0 Å². The van der Waals surface area contributed by atoms with E-state index in [0.29, 0.717) is 4.54 Å². The third kappa shape index (κ3) is 0.584. The van der Waals surface area contributed by atoms with Crippen molar-refractivity contribution >= 4 is 10.8 Å². The Kier molecular flexibility index (Phi) is 0.900. The zero-order chi connectivity index (χ0) is 4.41. The fourth-order valence-corrected chi connectivity index (χ4v) is 0.256. The van der Waals surface area contributed by atoms with Gasteiger partial charge in [0, 0.05) is 0 Å². The number of rotatable bonds is 0. The van der Waals surface area contributed by atoms with E-state index in [-0.39, 0.29) is 0 Å². The van der Waals surface area contributed by atoms with Crippen LogP contribution in [0.25, 0.3) is 0 Å². The average molecular weight is 131 g/mol. The molecule has 35 valence electrons. The Balaban J connectivity index is 2.86. The van der Waals surface area contributed by atoms with Crippen molar-refractivity contribution in [2.24, 2.45) is 15.4 Å².